The van der Waals surface area contributed by atoms with E-state index in [-0.39, 0.29) is 12.0 Å². The monoisotopic (exact) mass is 600 g/mol. The molecule has 3 aromatic heterocycles. The zero-order chi connectivity index (χ0) is 31.4. The van der Waals surface area contributed by atoms with Crippen molar-refractivity contribution in [3.05, 3.63) is 138 Å². The number of pyridine rings is 2. The van der Waals surface area contributed by atoms with E-state index in [1.165, 1.54) is 22.3 Å². The van der Waals surface area contributed by atoms with Crippen LogP contribution in [0.1, 0.15) is 59.9 Å². The highest BCUT2D eigenvalue weighted by Crippen LogP contribution is 2.43. The molecule has 0 amide bonds. The van der Waals surface area contributed by atoms with Gasteiger partial charge in [-0.1, -0.05) is 86.2 Å². The standard InChI is InChI=1S/C42H38N3O/c1-5-6-8-17-35-32-16-12-11-15-31(32)33-20-18-30-19-21-34-38-27(3)25-36(29-13-9-7-10-14-29)44-42(38)46-41(34)39(30)37-24-26(2)22-23-45(37)28(4)40(33)43-35/h7-17,19,21-25,33,40H,4-6,18,20H2,1-3H3/q+1/b17-8-. The summed E-state index contributed by atoms with van der Waals surface area (Å²) in [5, 5.41) is 2.17. The molecule has 2 unspecified atom stereocenters. The minimum absolute atomic E-state index is 0.0829. The van der Waals surface area contributed by atoms with Gasteiger partial charge in [0.25, 0.3) is 0 Å². The molecular formula is C42H38N3O+. The van der Waals surface area contributed by atoms with Gasteiger partial charge < -0.3 is 4.42 Å². The van der Waals surface area contributed by atoms with Crippen molar-refractivity contribution in [2.24, 2.45) is 4.99 Å². The van der Waals surface area contributed by atoms with E-state index in [9.17, 15) is 0 Å². The van der Waals surface area contributed by atoms with Gasteiger partial charge >= 0.3 is 0 Å². The predicted octanol–water partition coefficient (Wildman–Crippen LogP) is 9.95. The number of nitrogens with zero attached hydrogens (tertiary/aromatic N) is 3. The van der Waals surface area contributed by atoms with Crippen molar-refractivity contribution < 1.29 is 8.98 Å². The molecule has 5 heterocycles. The average Bonchev–Trinajstić information content (AvgIpc) is 3.47. The van der Waals surface area contributed by atoms with Crippen LogP contribution < -0.4 is 4.57 Å². The van der Waals surface area contributed by atoms with Crippen LogP contribution in [-0.4, -0.2) is 16.7 Å². The number of hydrogen-bond donors (Lipinski definition) is 0. The second kappa shape index (κ2) is 11.4. The van der Waals surface area contributed by atoms with E-state index in [1.54, 1.807) is 0 Å². The molecule has 0 saturated heterocycles. The van der Waals surface area contributed by atoms with Crippen molar-refractivity contribution in [3.63, 3.8) is 0 Å². The predicted molar refractivity (Wildman–Crippen MR) is 189 cm³/mol. The molecule has 0 aliphatic carbocycles. The number of unbranched alkanes of at least 4 members (excludes halogenated alkanes) is 1. The molecule has 0 saturated carbocycles. The molecule has 226 valence electrons. The third-order valence-electron chi connectivity index (χ3n) is 9.73. The summed E-state index contributed by atoms with van der Waals surface area (Å²) >= 11 is 0. The number of rotatable bonds is 4. The summed E-state index contributed by atoms with van der Waals surface area (Å²) < 4.78 is 9.08. The summed E-state index contributed by atoms with van der Waals surface area (Å²) in [6.45, 7) is 11.3. The maximum atomic E-state index is 6.82. The first-order chi connectivity index (χ1) is 22.5. The maximum absolute atomic E-state index is 6.82. The Kier molecular flexibility index (Phi) is 7.01. The van der Waals surface area contributed by atoms with E-state index in [1.807, 2.05) is 6.07 Å². The molecule has 0 radical (unpaired) electrons. The van der Waals surface area contributed by atoms with Crippen molar-refractivity contribution in [2.75, 3.05) is 0 Å². The van der Waals surface area contributed by atoms with Crippen molar-refractivity contribution in [2.45, 2.75) is 58.4 Å². The van der Waals surface area contributed by atoms with Crippen LogP contribution in [0.2, 0.25) is 0 Å². The lowest BCUT2D eigenvalue weighted by molar-refractivity contribution is -0.572. The SMILES string of the molecule is C=C1C2N=C(/C=C\CCC)c3ccccc3C2CCc2ccc3c(oc4nc(-c5ccccc5)cc(C)c43)c2-c2cc(C)cc[n+]21. The Hall–Kier alpha value is -5.09. The Morgan fingerprint density at radius 3 is 2.65 bits per heavy atom. The summed E-state index contributed by atoms with van der Waals surface area (Å²) in [4.78, 5) is 10.5. The normalized spacial score (nSPS) is 17.5. The number of benzene rings is 3. The largest absolute Gasteiger partial charge is 0.437 e. The van der Waals surface area contributed by atoms with Gasteiger partial charge in [0, 0.05) is 34.6 Å². The van der Waals surface area contributed by atoms with Crippen LogP contribution in [0.3, 0.4) is 0 Å². The van der Waals surface area contributed by atoms with Crippen LogP contribution >= 0.6 is 0 Å². The molecule has 46 heavy (non-hydrogen) atoms. The second-order valence-corrected chi connectivity index (χ2v) is 12.8. The van der Waals surface area contributed by atoms with Crippen LogP contribution in [0.25, 0.3) is 50.3 Å². The topological polar surface area (TPSA) is 42.3 Å². The fraction of sp³-hybridized carbons (Fsp3) is 0.214. The van der Waals surface area contributed by atoms with E-state index in [0.29, 0.717) is 5.71 Å². The number of furan rings is 1. The molecule has 0 spiro atoms. The molecular weight excluding hydrogens is 562 g/mol. The zero-order valence-corrected chi connectivity index (χ0v) is 26.8. The number of hydrogen-bond acceptors (Lipinski definition) is 3. The molecule has 6 aromatic rings. The molecule has 4 nitrogen and oxygen atoms in total. The van der Waals surface area contributed by atoms with Crippen LogP contribution in [0.15, 0.2) is 119 Å². The smallest absolute Gasteiger partial charge is 0.228 e. The van der Waals surface area contributed by atoms with Gasteiger partial charge in [0.2, 0.25) is 17.1 Å². The van der Waals surface area contributed by atoms with Crippen molar-refractivity contribution in [3.8, 4) is 22.5 Å². The molecule has 0 N–H and O–H groups in total. The quantitative estimate of drug-likeness (QED) is 0.189. The van der Waals surface area contributed by atoms with Gasteiger partial charge in [-0.25, -0.2) is 4.98 Å². The Labute approximate surface area is 270 Å². The fourth-order valence-corrected chi connectivity index (χ4v) is 7.46. The summed E-state index contributed by atoms with van der Waals surface area (Å²) in [7, 11) is 0. The summed E-state index contributed by atoms with van der Waals surface area (Å²) in [5.74, 6) is 0.211. The van der Waals surface area contributed by atoms with E-state index in [4.69, 9.17) is 21.0 Å². The van der Waals surface area contributed by atoms with E-state index in [0.717, 1.165) is 81.5 Å². The minimum Gasteiger partial charge on any atom is -0.437 e. The molecule has 8 rings (SSSR count). The highest BCUT2D eigenvalue weighted by atomic mass is 16.3. The van der Waals surface area contributed by atoms with Gasteiger partial charge in [-0.05, 0) is 74.1 Å². The lowest BCUT2D eigenvalue weighted by Gasteiger charge is -2.30. The Morgan fingerprint density at radius 1 is 0.978 bits per heavy atom. The highest BCUT2D eigenvalue weighted by molar-refractivity contribution is 6.12. The number of aromatic nitrogens is 2. The number of aliphatic imine (C=N–C) groups is 1. The van der Waals surface area contributed by atoms with E-state index < -0.39 is 0 Å². The lowest BCUT2D eigenvalue weighted by atomic mass is 9.79. The van der Waals surface area contributed by atoms with Gasteiger partial charge in [0.15, 0.2) is 11.8 Å². The van der Waals surface area contributed by atoms with Gasteiger partial charge in [-0.15, -0.1) is 0 Å². The molecule has 2 aliphatic heterocycles. The van der Waals surface area contributed by atoms with Crippen molar-refractivity contribution >= 4 is 33.5 Å². The minimum atomic E-state index is -0.0829. The summed E-state index contributed by atoms with van der Waals surface area (Å²) in [6.07, 6.45) is 10.6. The average molecular weight is 601 g/mol. The first-order valence-electron chi connectivity index (χ1n) is 16.5. The maximum Gasteiger partial charge on any atom is 0.228 e. The van der Waals surface area contributed by atoms with Crippen LogP contribution in [0.4, 0.5) is 0 Å². The van der Waals surface area contributed by atoms with E-state index in [2.05, 4.69) is 123 Å². The van der Waals surface area contributed by atoms with Gasteiger partial charge in [-0.2, -0.15) is 4.57 Å². The zero-order valence-electron chi connectivity index (χ0n) is 26.8. The fourth-order valence-electron chi connectivity index (χ4n) is 7.46. The van der Waals surface area contributed by atoms with Gasteiger partial charge in [0.1, 0.15) is 6.04 Å². The first-order valence-corrected chi connectivity index (χ1v) is 16.5. The third kappa shape index (κ3) is 4.63. The van der Waals surface area contributed by atoms with Crippen LogP contribution in [0.5, 0.6) is 0 Å². The molecule has 3 aromatic carbocycles. The van der Waals surface area contributed by atoms with Crippen molar-refractivity contribution in [1.82, 2.24) is 4.98 Å². The lowest BCUT2D eigenvalue weighted by Crippen LogP contribution is -2.42. The molecule has 0 bridgehead atoms. The van der Waals surface area contributed by atoms with Gasteiger partial charge in [-0.3, -0.25) is 4.99 Å². The molecule has 2 aliphatic rings. The first kappa shape index (κ1) is 28.4. The van der Waals surface area contributed by atoms with Gasteiger partial charge in [0.05, 0.1) is 22.4 Å². The Balaban J connectivity index is 1.36. The van der Waals surface area contributed by atoms with Crippen LogP contribution in [-0.2, 0) is 6.42 Å². The Morgan fingerprint density at radius 2 is 1.80 bits per heavy atom. The third-order valence-corrected chi connectivity index (χ3v) is 9.73. The molecule has 2 atom stereocenters. The number of allylic oxidation sites excluding steroid dienone is 2. The molecule has 0 fully saturated rings. The number of fused-ring (bicyclic) bond motifs is 10. The Bertz CT molecular complexity index is 2220. The summed E-state index contributed by atoms with van der Waals surface area (Å²) in [6, 6.07) is 30.2. The van der Waals surface area contributed by atoms with Crippen molar-refractivity contribution in [1.29, 1.82) is 0 Å². The van der Waals surface area contributed by atoms with E-state index >= 15 is 0 Å². The second-order valence-electron chi connectivity index (χ2n) is 12.8. The number of aryl methyl sites for hydroxylation is 3. The van der Waals surface area contributed by atoms with Crippen LogP contribution in [0, 0.1) is 13.8 Å². The molecule has 4 heteroatoms. The summed E-state index contributed by atoms with van der Waals surface area (Å²) in [5.41, 5.74) is 14.0. The highest BCUT2D eigenvalue weighted by Gasteiger charge is 2.39.